The van der Waals surface area contributed by atoms with Crippen molar-refractivity contribution in [2.24, 2.45) is 0 Å². The van der Waals surface area contributed by atoms with Gasteiger partial charge in [-0.25, -0.2) is 0 Å². The first-order valence-electron chi connectivity index (χ1n) is 4.52. The number of hydrogen-bond donors (Lipinski definition) is 2. The summed E-state index contributed by atoms with van der Waals surface area (Å²) in [6.45, 7) is 0.393. The summed E-state index contributed by atoms with van der Waals surface area (Å²) in [5.41, 5.74) is 1.56. The molecule has 0 aliphatic heterocycles. The first-order valence-corrected chi connectivity index (χ1v) is 4.52. The van der Waals surface area contributed by atoms with Gasteiger partial charge < -0.3 is 5.32 Å². The van der Waals surface area contributed by atoms with Crippen LogP contribution in [0.1, 0.15) is 30.0 Å². The van der Waals surface area contributed by atoms with Crippen LogP contribution in [0, 0.1) is 23.7 Å². The summed E-state index contributed by atoms with van der Waals surface area (Å²) in [5, 5.41) is 18.8. The van der Waals surface area contributed by atoms with E-state index in [4.69, 9.17) is 11.7 Å². The molecule has 1 heterocycles. The number of hydrogen-bond acceptors (Lipinski definition) is 3. The maximum atomic E-state index is 8.96. The largest absolute Gasteiger partial charge is 0.357 e. The van der Waals surface area contributed by atoms with Gasteiger partial charge >= 0.3 is 0 Å². The molecule has 0 spiro atoms. The minimum atomic E-state index is 0.393. The third-order valence-electron chi connectivity index (χ3n) is 2.25. The average molecular weight is 186 g/mol. The highest BCUT2D eigenvalue weighted by Crippen LogP contribution is 2.41. The summed E-state index contributed by atoms with van der Waals surface area (Å²) >= 11 is 0. The fraction of sp³-hybridized carbons (Fsp3) is 0.400. The summed E-state index contributed by atoms with van der Waals surface area (Å²) in [6.07, 6.45) is 7.40. The molecule has 2 rings (SSSR count). The molecule has 0 amide bonds. The van der Waals surface area contributed by atoms with Gasteiger partial charge in [0.05, 0.1) is 12.2 Å². The summed E-state index contributed by atoms with van der Waals surface area (Å²) in [7, 11) is 0. The Hall–Kier alpha value is -1.94. The van der Waals surface area contributed by atoms with E-state index in [1.54, 1.807) is 0 Å². The Morgan fingerprint density at radius 1 is 1.64 bits per heavy atom. The molecule has 1 aliphatic carbocycles. The second-order valence-corrected chi connectivity index (χ2v) is 3.30. The minimum absolute atomic E-state index is 0.393. The van der Waals surface area contributed by atoms with E-state index in [1.807, 2.05) is 0 Å². The molecular weight excluding hydrogens is 176 g/mol. The van der Waals surface area contributed by atoms with Crippen LogP contribution in [-0.4, -0.2) is 16.7 Å². The lowest BCUT2D eigenvalue weighted by molar-refractivity contribution is 0.962. The molecule has 1 fully saturated rings. The lowest BCUT2D eigenvalue weighted by Gasteiger charge is -1.96. The first kappa shape index (κ1) is 8.65. The van der Waals surface area contributed by atoms with Crippen LogP contribution in [0.3, 0.4) is 0 Å². The van der Waals surface area contributed by atoms with Gasteiger partial charge in [-0.3, -0.25) is 5.10 Å². The molecule has 0 unspecified atom stereocenters. The number of terminal acetylenes is 1. The highest BCUT2D eigenvalue weighted by atomic mass is 15.2. The van der Waals surface area contributed by atoms with Gasteiger partial charge in [-0.15, -0.1) is 6.42 Å². The van der Waals surface area contributed by atoms with Crippen molar-refractivity contribution >= 4 is 5.82 Å². The highest BCUT2D eigenvalue weighted by molar-refractivity contribution is 5.56. The van der Waals surface area contributed by atoms with Crippen LogP contribution in [0.25, 0.3) is 0 Å². The normalized spacial score (nSPS) is 14.4. The average Bonchev–Trinajstić information content (AvgIpc) is 2.96. The molecule has 2 N–H and O–H groups in total. The van der Waals surface area contributed by atoms with Crippen molar-refractivity contribution in [2.75, 3.05) is 11.9 Å². The lowest BCUT2D eigenvalue weighted by atomic mass is 10.2. The molecule has 4 heteroatoms. The molecule has 0 atom stereocenters. The zero-order chi connectivity index (χ0) is 9.97. The summed E-state index contributed by atoms with van der Waals surface area (Å²) in [5.74, 6) is 3.52. The maximum Gasteiger partial charge on any atom is 0.166 e. The fourth-order valence-electron chi connectivity index (χ4n) is 1.40. The molecule has 0 aromatic carbocycles. The fourth-order valence-corrected chi connectivity index (χ4v) is 1.40. The monoisotopic (exact) mass is 186 g/mol. The molecule has 1 aromatic heterocycles. The number of nitrogens with one attached hydrogen (secondary N) is 2. The molecule has 0 bridgehead atoms. The van der Waals surface area contributed by atoms with E-state index in [9.17, 15) is 0 Å². The van der Waals surface area contributed by atoms with Crippen LogP contribution < -0.4 is 5.32 Å². The summed E-state index contributed by atoms with van der Waals surface area (Å²) < 4.78 is 0. The van der Waals surface area contributed by atoms with Crippen molar-refractivity contribution in [3.8, 4) is 18.4 Å². The summed E-state index contributed by atoms with van der Waals surface area (Å²) in [4.78, 5) is 0. The smallest absolute Gasteiger partial charge is 0.166 e. The molecule has 1 aromatic rings. The van der Waals surface area contributed by atoms with Gasteiger partial charge in [0.1, 0.15) is 11.6 Å². The van der Waals surface area contributed by atoms with Gasteiger partial charge in [0, 0.05) is 5.92 Å². The topological polar surface area (TPSA) is 64.5 Å². The third-order valence-corrected chi connectivity index (χ3v) is 2.25. The second kappa shape index (κ2) is 3.43. The minimum Gasteiger partial charge on any atom is -0.357 e. The zero-order valence-electron chi connectivity index (χ0n) is 7.67. The van der Waals surface area contributed by atoms with Crippen LogP contribution in [0.5, 0.6) is 0 Å². The molecule has 70 valence electrons. The number of rotatable bonds is 3. The Kier molecular flexibility index (Phi) is 2.12. The van der Waals surface area contributed by atoms with Crippen LogP contribution in [0.15, 0.2) is 0 Å². The van der Waals surface area contributed by atoms with Crippen LogP contribution in [0.2, 0.25) is 0 Å². The number of aromatic amines is 1. The Labute approximate surface area is 82.3 Å². The number of aromatic nitrogens is 2. The molecular formula is C10H10N4. The van der Waals surface area contributed by atoms with Gasteiger partial charge in [0.2, 0.25) is 0 Å². The molecule has 0 radical (unpaired) electrons. The molecule has 0 saturated heterocycles. The van der Waals surface area contributed by atoms with E-state index in [2.05, 4.69) is 27.5 Å². The van der Waals surface area contributed by atoms with Gasteiger partial charge in [0.25, 0.3) is 0 Å². The van der Waals surface area contributed by atoms with Crippen LogP contribution in [0.4, 0.5) is 5.82 Å². The Bertz CT molecular complexity index is 414. The number of nitrogens with zero attached hydrogens (tertiary/aromatic N) is 2. The lowest BCUT2D eigenvalue weighted by Crippen LogP contribution is -2.00. The SMILES string of the molecule is C#CCNc1n[nH]c(C2CC2)c1C#N. The van der Waals surface area contributed by atoms with Crippen LogP contribution in [-0.2, 0) is 0 Å². The van der Waals surface area contributed by atoms with E-state index < -0.39 is 0 Å². The quantitative estimate of drug-likeness (QED) is 0.697. The van der Waals surface area contributed by atoms with Crippen molar-refractivity contribution in [3.63, 3.8) is 0 Å². The number of H-pyrrole nitrogens is 1. The standard InChI is InChI=1S/C10H10N4/c1-2-5-12-10-8(6-11)9(13-14-10)7-3-4-7/h1,7H,3-5H2,(H2,12,13,14). The molecule has 1 saturated carbocycles. The van der Waals surface area contributed by atoms with Crippen LogP contribution >= 0.6 is 0 Å². The van der Waals surface area contributed by atoms with E-state index in [-0.39, 0.29) is 0 Å². The zero-order valence-corrected chi connectivity index (χ0v) is 7.67. The van der Waals surface area contributed by atoms with Crippen molar-refractivity contribution in [1.82, 2.24) is 10.2 Å². The van der Waals surface area contributed by atoms with Gasteiger partial charge in [-0.1, -0.05) is 5.92 Å². The van der Waals surface area contributed by atoms with E-state index in [1.165, 1.54) is 0 Å². The van der Waals surface area contributed by atoms with Gasteiger partial charge in [-0.05, 0) is 12.8 Å². The van der Waals surface area contributed by atoms with Crippen molar-refractivity contribution < 1.29 is 0 Å². The predicted octanol–water partition coefficient (Wildman–Crippen LogP) is 1.20. The van der Waals surface area contributed by atoms with Crippen molar-refractivity contribution in [3.05, 3.63) is 11.3 Å². The Morgan fingerprint density at radius 3 is 3.00 bits per heavy atom. The Morgan fingerprint density at radius 2 is 2.43 bits per heavy atom. The Balaban J connectivity index is 2.24. The molecule has 14 heavy (non-hydrogen) atoms. The summed E-state index contributed by atoms with van der Waals surface area (Å²) in [6, 6.07) is 2.15. The highest BCUT2D eigenvalue weighted by Gasteiger charge is 2.29. The molecule has 1 aliphatic rings. The predicted molar refractivity (Wildman–Crippen MR) is 52.6 cm³/mol. The number of nitriles is 1. The van der Waals surface area contributed by atoms with Crippen molar-refractivity contribution in [1.29, 1.82) is 5.26 Å². The van der Waals surface area contributed by atoms with E-state index in [0.717, 1.165) is 18.5 Å². The van der Waals surface area contributed by atoms with E-state index >= 15 is 0 Å². The maximum absolute atomic E-state index is 8.96. The van der Waals surface area contributed by atoms with Crippen molar-refractivity contribution in [2.45, 2.75) is 18.8 Å². The van der Waals surface area contributed by atoms with Gasteiger partial charge in [0.15, 0.2) is 5.82 Å². The second-order valence-electron chi connectivity index (χ2n) is 3.30. The molecule has 4 nitrogen and oxygen atoms in total. The number of anilines is 1. The van der Waals surface area contributed by atoms with E-state index in [0.29, 0.717) is 23.8 Å². The third kappa shape index (κ3) is 1.43. The first-order chi connectivity index (χ1) is 6.86. The van der Waals surface area contributed by atoms with Gasteiger partial charge in [-0.2, -0.15) is 10.4 Å².